The van der Waals surface area contributed by atoms with Gasteiger partial charge in [-0.3, -0.25) is 0 Å². The number of hydrogen-bond donors (Lipinski definition) is 2. The Hall–Kier alpha value is -5.22. The summed E-state index contributed by atoms with van der Waals surface area (Å²) >= 11 is 0. The van der Waals surface area contributed by atoms with E-state index in [1.807, 2.05) is 0 Å². The van der Waals surface area contributed by atoms with Crippen LogP contribution in [0.4, 0.5) is 28.4 Å². The molecule has 5 aliphatic rings. The zero-order valence-corrected chi connectivity index (χ0v) is 45.3. The van der Waals surface area contributed by atoms with E-state index in [1.165, 1.54) is 113 Å². The van der Waals surface area contributed by atoms with Crippen LogP contribution in [-0.2, 0) is 27.1 Å². The van der Waals surface area contributed by atoms with Gasteiger partial charge in [0.15, 0.2) is 7.28 Å². The Balaban J connectivity index is 1.27. The maximum Gasteiger partial charge on any atom is 0.199 e. The van der Waals surface area contributed by atoms with Crippen LogP contribution in [0.25, 0.3) is 22.3 Å². The molecule has 0 amide bonds. The van der Waals surface area contributed by atoms with Crippen LogP contribution < -0.4 is 26.5 Å². The molecule has 1 saturated carbocycles. The first-order valence-electron chi connectivity index (χ1n) is 26.3. The molecule has 0 aromatic heterocycles. The van der Waals surface area contributed by atoms with Crippen LogP contribution in [0.2, 0.25) is 0 Å². The van der Waals surface area contributed by atoms with E-state index in [9.17, 15) is 0 Å². The molecular weight excluding hydrogens is 834 g/mol. The molecule has 1 aliphatic heterocycles. The van der Waals surface area contributed by atoms with E-state index in [0.29, 0.717) is 0 Å². The minimum atomic E-state index is -0.168. The second kappa shape index (κ2) is 15.6. The van der Waals surface area contributed by atoms with Crippen molar-refractivity contribution in [2.24, 2.45) is 10.8 Å². The second-order valence-corrected chi connectivity index (χ2v) is 26.6. The number of anilines is 5. The van der Waals surface area contributed by atoms with Gasteiger partial charge < -0.3 is 15.5 Å². The lowest BCUT2D eigenvalue weighted by Gasteiger charge is -2.46. The number of benzene rings is 5. The van der Waals surface area contributed by atoms with Gasteiger partial charge in [-0.25, -0.2) is 0 Å². The quantitative estimate of drug-likeness (QED) is 0.166. The van der Waals surface area contributed by atoms with Gasteiger partial charge in [0.05, 0.1) is 0 Å². The number of nitrogens with one attached hydrogen (secondary N) is 2. The number of hydrogen-bond acceptors (Lipinski definition) is 3. The molecule has 0 atom stereocenters. The van der Waals surface area contributed by atoms with Crippen molar-refractivity contribution in [3.8, 4) is 22.3 Å². The maximum absolute atomic E-state index is 4.45. The van der Waals surface area contributed by atoms with Crippen molar-refractivity contribution in [1.82, 2.24) is 0 Å². The van der Waals surface area contributed by atoms with Crippen LogP contribution in [0.3, 0.4) is 0 Å². The summed E-state index contributed by atoms with van der Waals surface area (Å²) in [5.41, 5.74) is 27.0. The fourth-order valence-electron chi connectivity index (χ4n) is 13.5. The third-order valence-corrected chi connectivity index (χ3v) is 18.4. The van der Waals surface area contributed by atoms with Crippen molar-refractivity contribution in [3.63, 3.8) is 0 Å². The summed E-state index contributed by atoms with van der Waals surface area (Å²) in [6.45, 7) is 40.9. The van der Waals surface area contributed by atoms with Gasteiger partial charge in [-0.1, -0.05) is 157 Å². The van der Waals surface area contributed by atoms with Crippen LogP contribution in [0, 0.1) is 10.8 Å². The fourth-order valence-corrected chi connectivity index (χ4v) is 13.5. The van der Waals surface area contributed by atoms with Crippen molar-refractivity contribution in [2.75, 3.05) is 22.6 Å². The number of allylic oxidation sites excluding steroid dienone is 4. The van der Waals surface area contributed by atoms with Crippen molar-refractivity contribution in [2.45, 2.75) is 169 Å². The van der Waals surface area contributed by atoms with Crippen LogP contribution in [0.5, 0.6) is 0 Å². The van der Waals surface area contributed by atoms with Gasteiger partial charge in [0.1, 0.15) is 0 Å². The molecule has 10 rings (SSSR count). The third kappa shape index (κ3) is 7.59. The lowest BCUT2D eigenvalue weighted by atomic mass is 9.54. The molecule has 3 nitrogen and oxygen atoms in total. The molecule has 69 heavy (non-hydrogen) atoms. The van der Waals surface area contributed by atoms with Crippen LogP contribution in [0.1, 0.15) is 176 Å². The zero-order chi connectivity index (χ0) is 49.6. The summed E-state index contributed by atoms with van der Waals surface area (Å²) in [6.07, 6.45) is 11.9. The molecule has 4 heteroatoms. The van der Waals surface area contributed by atoms with Crippen LogP contribution in [-0.4, -0.2) is 14.3 Å². The summed E-state index contributed by atoms with van der Waals surface area (Å²) in [6, 6.07) is 31.4. The second-order valence-electron chi connectivity index (χ2n) is 26.6. The largest absolute Gasteiger partial charge is 0.388 e. The van der Waals surface area contributed by atoms with Gasteiger partial charge in [-0.15, -0.1) is 0 Å². The van der Waals surface area contributed by atoms with Gasteiger partial charge in [-0.2, -0.15) is 0 Å². The molecule has 0 bridgehead atoms. The molecule has 4 aliphatic carbocycles. The topological polar surface area (TPSA) is 27.3 Å². The van der Waals surface area contributed by atoms with E-state index in [4.69, 9.17) is 0 Å². The summed E-state index contributed by atoms with van der Waals surface area (Å²) in [5.74, 6) is 0. The summed E-state index contributed by atoms with van der Waals surface area (Å²) in [5, 5.41) is 7.88. The Labute approximate surface area is 417 Å². The highest BCUT2D eigenvalue weighted by molar-refractivity contribution is 6.74. The first-order valence-corrected chi connectivity index (χ1v) is 26.3. The zero-order valence-electron chi connectivity index (χ0n) is 45.3. The minimum absolute atomic E-state index is 0.00718. The van der Waals surface area contributed by atoms with E-state index >= 15 is 0 Å². The summed E-state index contributed by atoms with van der Waals surface area (Å²) in [7, 11) is 2.92. The first-order chi connectivity index (χ1) is 32.2. The van der Waals surface area contributed by atoms with Crippen molar-refractivity contribution >= 4 is 46.6 Å². The number of fused-ring (bicyclic) bond motifs is 8. The predicted molar refractivity (Wildman–Crippen MR) is 302 cm³/mol. The SMILES string of the molecule is C=C(C)/C=C1\C(=C/N2c3cc(NC)cc(-c4cc5c(cc4Nc4ccc6c(c4)C(C)(C)CCC6(C)C)C(C)(C)CCC5(C)C)c3Bc3c2ccc2c3C(C)(C)c3ccccc3-2)C(C)(C)CCC1(C)C. The number of nitrogens with zero attached hydrogens (tertiary/aromatic N) is 1. The molecule has 0 radical (unpaired) electrons. The molecular formula is C65H80BN3. The molecule has 0 spiro atoms. The predicted octanol–water partition coefficient (Wildman–Crippen LogP) is 16.2. The summed E-state index contributed by atoms with van der Waals surface area (Å²) in [4.78, 5) is 2.62. The van der Waals surface area contributed by atoms with Crippen molar-refractivity contribution < 1.29 is 0 Å². The van der Waals surface area contributed by atoms with E-state index in [-0.39, 0.29) is 37.9 Å². The summed E-state index contributed by atoms with van der Waals surface area (Å²) < 4.78 is 0. The molecule has 5 aromatic rings. The molecule has 0 saturated heterocycles. The number of rotatable bonds is 6. The first kappa shape index (κ1) is 47.5. The minimum Gasteiger partial charge on any atom is -0.388 e. The Morgan fingerprint density at radius 3 is 1.74 bits per heavy atom. The Morgan fingerprint density at radius 1 is 0.522 bits per heavy atom. The van der Waals surface area contributed by atoms with Crippen LogP contribution >= 0.6 is 0 Å². The van der Waals surface area contributed by atoms with Gasteiger partial charge >= 0.3 is 0 Å². The molecule has 5 aromatic carbocycles. The highest BCUT2D eigenvalue weighted by atomic mass is 15.1. The van der Waals surface area contributed by atoms with Crippen molar-refractivity contribution in [1.29, 1.82) is 0 Å². The van der Waals surface area contributed by atoms with Gasteiger partial charge in [0.2, 0.25) is 0 Å². The Bertz CT molecular complexity index is 3050. The fraction of sp³-hybridized carbons (Fsp3) is 0.446. The lowest BCUT2D eigenvalue weighted by molar-refractivity contribution is 0.259. The van der Waals surface area contributed by atoms with Gasteiger partial charge in [0, 0.05) is 52.7 Å². The highest BCUT2D eigenvalue weighted by Crippen LogP contribution is 2.56. The maximum atomic E-state index is 4.45. The van der Waals surface area contributed by atoms with Gasteiger partial charge in [-0.05, 0) is 187 Å². The molecule has 358 valence electrons. The molecule has 1 heterocycles. The molecule has 0 unspecified atom stereocenters. The van der Waals surface area contributed by atoms with E-state index in [0.717, 1.165) is 44.2 Å². The monoisotopic (exact) mass is 914 g/mol. The average molecular weight is 914 g/mol. The highest BCUT2D eigenvalue weighted by Gasteiger charge is 2.45. The smallest absolute Gasteiger partial charge is 0.199 e. The Morgan fingerprint density at radius 2 is 1.10 bits per heavy atom. The van der Waals surface area contributed by atoms with Crippen molar-refractivity contribution in [3.05, 3.63) is 148 Å². The lowest BCUT2D eigenvalue weighted by Crippen LogP contribution is -2.45. The standard InChI is InChI=1S/C65H80BN3/c1-39(2)32-48-52(64(13,14)31-30-60(48,5)6)38-69-54-25-23-43-42-20-18-19-21-46(42)65(15,16)56(43)58(54)66-57-45(33-41(67-17)35-55(57)69)44-36-50-51(63(11,12)29-28-62(50,9)10)37-53(44)68-40-22-24-47-49(34-40)61(7,8)27-26-59(47,3)4/h18-25,32-38,66-68H,1,26-31H2,2-17H3/b48-32+,52-38+. The normalized spacial score (nSPS) is 22.3. The molecule has 1 fully saturated rings. The van der Waals surface area contributed by atoms with E-state index < -0.39 is 0 Å². The average Bonchev–Trinajstić information content (AvgIpc) is 3.52. The van der Waals surface area contributed by atoms with Gasteiger partial charge in [0.25, 0.3) is 0 Å². The van der Waals surface area contributed by atoms with E-state index in [2.05, 4.69) is 224 Å². The van der Waals surface area contributed by atoms with Crippen LogP contribution in [0.15, 0.2) is 114 Å². The third-order valence-electron chi connectivity index (χ3n) is 18.4. The molecule has 2 N–H and O–H groups in total. The van der Waals surface area contributed by atoms with E-state index in [1.54, 1.807) is 0 Å². The Kier molecular flexibility index (Phi) is 10.8.